The van der Waals surface area contributed by atoms with E-state index in [1.807, 2.05) is 0 Å². The summed E-state index contributed by atoms with van der Waals surface area (Å²) in [5, 5.41) is 19.9. The van der Waals surface area contributed by atoms with Crippen LogP contribution in [0.4, 0.5) is 21.0 Å². The predicted octanol–water partition coefficient (Wildman–Crippen LogP) is 2.08. The van der Waals surface area contributed by atoms with Gasteiger partial charge in [0.05, 0.1) is 6.04 Å². The molecule has 0 spiro atoms. The summed E-state index contributed by atoms with van der Waals surface area (Å²) in [4.78, 5) is 225. The number of hydrogen-bond donors (Lipinski definition) is 10. The Morgan fingerprint density at radius 3 is 1.08 bits per heavy atom. The first-order chi connectivity index (χ1) is 49.2. The molecule has 0 radical (unpaired) electrons. The number of hydrogen-bond acceptors (Lipinski definition) is 24. The van der Waals surface area contributed by atoms with Crippen LogP contribution in [0.25, 0.3) is 0 Å². The Morgan fingerprint density at radius 1 is 0.451 bits per heavy atom. The molecule has 0 saturated carbocycles. The summed E-state index contributed by atoms with van der Waals surface area (Å²) in [6.07, 6.45) is 3.69. The summed E-state index contributed by atoms with van der Waals surface area (Å²) in [7, 11) is 0. The van der Waals surface area contributed by atoms with E-state index < -0.39 is 126 Å². The van der Waals surface area contributed by atoms with Gasteiger partial charge in [-0.05, 0) is 98.6 Å². The first-order valence-electron chi connectivity index (χ1n) is 34.2. The molecule has 560 valence electrons. The van der Waals surface area contributed by atoms with Gasteiger partial charge < -0.3 is 78.4 Å². The van der Waals surface area contributed by atoms with Crippen molar-refractivity contribution in [2.75, 3.05) is 23.7 Å². The molecule has 3 saturated heterocycles. The lowest BCUT2D eigenvalue weighted by Crippen LogP contribution is -2.54. The molecule has 36 nitrogen and oxygen atoms in total. The van der Waals surface area contributed by atoms with E-state index >= 15 is 0 Å². The number of primary amides is 2. The van der Waals surface area contributed by atoms with Crippen LogP contribution in [0.1, 0.15) is 183 Å². The summed E-state index contributed by atoms with van der Waals surface area (Å²) >= 11 is 0. The van der Waals surface area contributed by atoms with Crippen molar-refractivity contribution in [2.24, 2.45) is 29.0 Å². The van der Waals surface area contributed by atoms with E-state index in [0.29, 0.717) is 102 Å². The molecular formula is C66H93N13O23. The van der Waals surface area contributed by atoms with Crippen molar-refractivity contribution in [1.29, 1.82) is 0 Å². The zero-order chi connectivity index (χ0) is 77.4. The van der Waals surface area contributed by atoms with Crippen molar-refractivity contribution in [3.63, 3.8) is 0 Å². The van der Waals surface area contributed by atoms with Crippen molar-refractivity contribution in [3.8, 4) is 0 Å². The zero-order valence-corrected chi connectivity index (χ0v) is 57.4. The number of nitrogens with two attached hydrogens (primary N) is 3. The molecule has 3 heterocycles. The zero-order valence-electron chi connectivity index (χ0n) is 59.4. The highest BCUT2D eigenvalue weighted by Gasteiger charge is 2.36. The van der Waals surface area contributed by atoms with E-state index in [4.69, 9.17) is 34.5 Å². The highest BCUT2D eigenvalue weighted by Crippen LogP contribution is 2.19. The lowest BCUT2D eigenvalue weighted by molar-refractivity contribution is -0.197. The number of carbonyl (C=O) groups is 18. The lowest BCUT2D eigenvalue weighted by Gasteiger charge is -2.25. The van der Waals surface area contributed by atoms with Gasteiger partial charge in [-0.3, -0.25) is 62.3 Å². The average molecular weight is 1440 g/mol. The van der Waals surface area contributed by atoms with Crippen molar-refractivity contribution in [1.82, 2.24) is 41.8 Å². The fraction of sp³-hybridized carbons (Fsp3) is 0.545. The lowest BCUT2D eigenvalue weighted by atomic mass is 10.0. The average Bonchev–Trinajstić information content (AvgIpc) is 1.71. The topological polar surface area (TPSA) is 525 Å². The Hall–Kier alpha value is -10.9. The van der Waals surface area contributed by atoms with Crippen LogP contribution in [0.3, 0.4) is 0 Å². The maximum atomic E-state index is 13.3. The first-order valence-corrected chi connectivity index (χ1v) is 33.2. The van der Waals surface area contributed by atoms with Gasteiger partial charge in [-0.25, -0.2) is 24.0 Å². The smallest absolute Gasteiger partial charge is 0.333 e. The second-order valence-corrected chi connectivity index (χ2v) is 24.1. The maximum Gasteiger partial charge on any atom is 0.333 e. The van der Waals surface area contributed by atoms with E-state index in [0.717, 1.165) is 0 Å². The second kappa shape index (κ2) is 46.4. The van der Waals surface area contributed by atoms with Crippen molar-refractivity contribution in [3.05, 3.63) is 59.7 Å². The van der Waals surface area contributed by atoms with Crippen LogP contribution in [0, 0.1) is 11.8 Å². The minimum absolute atomic E-state index is 0.0152. The van der Waals surface area contributed by atoms with Gasteiger partial charge in [-0.15, -0.1) is 15.2 Å². The fourth-order valence-electron chi connectivity index (χ4n) is 9.46. The number of amides is 15. The van der Waals surface area contributed by atoms with E-state index in [9.17, 15) is 86.3 Å². The normalized spacial score (nSPS) is 14.6. The minimum Gasteiger partial charge on any atom is -0.463 e. The van der Waals surface area contributed by atoms with Gasteiger partial charge in [0.15, 0.2) is 2.74 Å². The molecule has 102 heavy (non-hydrogen) atoms. The molecule has 0 bridgehead atoms. The molecule has 15 amide bonds. The van der Waals surface area contributed by atoms with E-state index in [2.05, 4.69) is 46.7 Å². The molecule has 0 unspecified atom stereocenters. The van der Waals surface area contributed by atoms with Crippen molar-refractivity contribution >= 4 is 119 Å². The molecule has 0 aliphatic carbocycles. The number of nitrogens with zero attached hydrogens (tertiary/aromatic N) is 3. The molecule has 0 aromatic heterocycles. The van der Waals surface area contributed by atoms with Gasteiger partial charge in [0.1, 0.15) is 31.3 Å². The number of unbranched alkanes of at least 4 members (excludes halogenated alkanes) is 6. The first kappa shape index (κ1) is 81.7. The Balaban J connectivity index is 0.000000431. The van der Waals surface area contributed by atoms with E-state index in [1.54, 1.807) is 76.2 Å². The molecule has 2 aromatic rings. The van der Waals surface area contributed by atoms with Gasteiger partial charge in [0.2, 0.25) is 29.5 Å². The van der Waals surface area contributed by atoms with Gasteiger partial charge in [-0.2, -0.15) is 0 Å². The molecule has 13 N–H and O–H groups in total. The Kier molecular flexibility index (Phi) is 37.2. The number of ether oxygens (including phenoxy) is 2. The highest BCUT2D eigenvalue weighted by molar-refractivity contribution is 6.03. The molecule has 36 heteroatoms. The number of anilines is 2. The summed E-state index contributed by atoms with van der Waals surface area (Å²) < 4.78 is 22.8. The van der Waals surface area contributed by atoms with Crippen LogP contribution in [0.2, 0.25) is 0 Å². The number of benzene rings is 2. The number of hydroxylamine groups is 6. The van der Waals surface area contributed by atoms with Gasteiger partial charge in [0, 0.05) is 88.7 Å². The van der Waals surface area contributed by atoms with E-state index in [1.165, 1.54) is 0 Å². The van der Waals surface area contributed by atoms with Crippen LogP contribution in [-0.2, 0) is 114 Å². The molecule has 3 fully saturated rings. The third-order valence-electron chi connectivity index (χ3n) is 15.2. The monoisotopic (exact) mass is 1440 g/mol. The quantitative estimate of drug-likeness (QED) is 0.0259. The molecule has 4 atom stereocenters. The molecule has 2 aromatic carbocycles. The van der Waals surface area contributed by atoms with Crippen LogP contribution < -0.4 is 54.4 Å². The van der Waals surface area contributed by atoms with Crippen LogP contribution in [0.15, 0.2) is 48.5 Å². The third kappa shape index (κ3) is 33.3. The van der Waals surface area contributed by atoms with Crippen molar-refractivity contribution in [2.45, 2.75) is 206 Å². The van der Waals surface area contributed by atoms with Crippen LogP contribution >= 0.6 is 0 Å². The number of carbonyl (C=O) groups excluding carboxylic acids is 18. The number of nitrogens with one attached hydrogen (secondary N) is 7. The Labute approximate surface area is 590 Å². The fourth-order valence-corrected chi connectivity index (χ4v) is 9.46. The van der Waals surface area contributed by atoms with Gasteiger partial charge >= 0.3 is 30.0 Å². The summed E-state index contributed by atoms with van der Waals surface area (Å²) in [5.41, 5.74) is 18.1. The highest BCUT2D eigenvalue weighted by atomic mass is 16.7. The standard InChI is InChI=1S/C31H44N6O10.C19H29N5O5.C16H20N2O8/c1-20(2)28(36-24(39)9-5-3-4-6-10-27(42)47-37-25(40)15-16-26(37)41)30(44)35-23(8-7-17-33-31(32)45)29(43)34-22-13-11-21(12-14-22)18-46-19-38;1-12(2)16(20)18(27)24-15(4-3-9-22-19(21)28)17(26)23-14-7-5-13(6-8-14)10-29-11-25;19-11-7-8-12(20)17(11)25-15(23)5-3-1-2-4-6-16(24)26-18-13(21)9-10-14(18)22/h11-14,19-20,23,28H,3-10,15-18H2,1-2H3,(H,34,43)(H,35,44)(H,36,39)(H3,32,33,45);5-8,11-12,15-16H,3-4,9-10,20H2,1-2H3,(H,23,26)(H,24,27)(H3,21,22,28);1-10H2/t23-,28-;15-,16-;/m00./s1/i19D;11D;. The summed E-state index contributed by atoms with van der Waals surface area (Å²) in [6.45, 7) is 7.38. The molecule has 5 rings (SSSR count). The molecule has 3 aliphatic rings. The third-order valence-corrected chi connectivity index (χ3v) is 15.2. The van der Waals surface area contributed by atoms with Crippen molar-refractivity contribution < 1.29 is 113 Å². The van der Waals surface area contributed by atoms with Crippen LogP contribution in [-0.4, -0.2) is 160 Å². The van der Waals surface area contributed by atoms with E-state index in [-0.39, 0.29) is 121 Å². The summed E-state index contributed by atoms with van der Waals surface area (Å²) in [5.74, 6) is -7.91. The number of rotatable bonds is 40. The van der Waals surface area contributed by atoms with Gasteiger partial charge in [-0.1, -0.05) is 77.6 Å². The Morgan fingerprint density at radius 2 is 0.775 bits per heavy atom. The maximum absolute atomic E-state index is 13.3. The number of urea groups is 2. The Bertz CT molecular complexity index is 3260. The molecule has 3 aliphatic heterocycles. The van der Waals surface area contributed by atoms with Crippen LogP contribution in [0.5, 0.6) is 0 Å². The SMILES string of the molecule is O=C(CCCCCCC(=O)ON1C(=O)CCC1=O)ON1C(=O)CCC1=O.[2H]C(=O)OCc1ccc(NC(=O)[C@H](CCCNC(N)=O)NC(=O)[C@@H](N)C(C)C)cc1.[2H]C(=O)OCc1ccc(NC(=O)[C@H](CCCNC(N)=O)NC(=O)[C@@H](NC(=O)CCCCCCC(=O)ON2C(=O)CCC2=O)C(C)C)cc1. The summed E-state index contributed by atoms with van der Waals surface area (Å²) in [6, 6.07) is 7.85. The second-order valence-electron chi connectivity index (χ2n) is 24.1. The largest absolute Gasteiger partial charge is 0.463 e. The molecular weight excluding hydrogens is 1340 g/mol. The number of imide groups is 3. The van der Waals surface area contributed by atoms with Gasteiger partial charge in [0.25, 0.3) is 48.3 Å². The minimum atomic E-state index is -1.17. The predicted molar refractivity (Wildman–Crippen MR) is 356 cm³/mol.